The minimum atomic E-state index is -3.50. The summed E-state index contributed by atoms with van der Waals surface area (Å²) >= 11 is 4.72. The van der Waals surface area contributed by atoms with Crippen molar-refractivity contribution in [3.63, 3.8) is 0 Å². The lowest BCUT2D eigenvalue weighted by atomic mass is 10.0. The van der Waals surface area contributed by atoms with Crippen LogP contribution in [0.1, 0.15) is 96.8 Å². The van der Waals surface area contributed by atoms with Crippen LogP contribution >= 0.6 is 6.72 Å². The van der Waals surface area contributed by atoms with Gasteiger partial charge in [0.1, 0.15) is 0 Å². The van der Waals surface area contributed by atoms with E-state index in [4.69, 9.17) is 16.3 Å². The minimum Gasteiger partial charge on any atom is -0.322 e. The Bertz CT molecular complexity index is 403. The third-order valence-electron chi connectivity index (χ3n) is 4.13. The van der Waals surface area contributed by atoms with Crippen molar-refractivity contribution in [3.05, 3.63) is 12.7 Å². The molecule has 0 fully saturated rings. The van der Waals surface area contributed by atoms with Crippen molar-refractivity contribution in [2.45, 2.75) is 96.8 Å². The summed E-state index contributed by atoms with van der Waals surface area (Å²) in [6, 6.07) is 0. The van der Waals surface area contributed by atoms with E-state index in [1.807, 2.05) is 0 Å². The van der Waals surface area contributed by atoms with E-state index in [9.17, 15) is 9.69 Å². The molecule has 0 aliphatic rings. The van der Waals surface area contributed by atoms with Crippen molar-refractivity contribution in [1.29, 1.82) is 0 Å². The second-order valence-corrected chi connectivity index (χ2v) is 9.31. The highest BCUT2D eigenvalue weighted by Gasteiger charge is 2.18. The van der Waals surface area contributed by atoms with E-state index in [1.165, 1.54) is 70.6 Å². The van der Waals surface area contributed by atoms with E-state index >= 15 is 0 Å². The highest BCUT2D eigenvalue weighted by Crippen LogP contribution is 2.44. The summed E-state index contributed by atoms with van der Waals surface area (Å²) in [5.41, 5.74) is 0. The van der Waals surface area contributed by atoms with Gasteiger partial charge in [-0.25, -0.2) is 4.79 Å². The summed E-state index contributed by atoms with van der Waals surface area (Å²) in [6.45, 7) is 2.26. The number of hydrogen-bond donors (Lipinski definition) is 1. The van der Waals surface area contributed by atoms with Gasteiger partial charge < -0.3 is 9.42 Å². The van der Waals surface area contributed by atoms with Crippen molar-refractivity contribution in [3.8, 4) is 0 Å². The van der Waals surface area contributed by atoms with Gasteiger partial charge >= 0.3 is 12.7 Å². The first-order chi connectivity index (χ1) is 12.5. The zero-order chi connectivity index (χ0) is 19.5. The first kappa shape index (κ1) is 25.7. The Hall–Kier alpha value is -0.260. The van der Waals surface area contributed by atoms with Gasteiger partial charge in [-0.1, -0.05) is 102 Å². The molecule has 1 atom stereocenters. The van der Waals surface area contributed by atoms with E-state index in [-0.39, 0.29) is 0 Å². The molecule has 1 unspecified atom stereocenters. The molecular formula is C19H37O5PS. The van der Waals surface area contributed by atoms with Crippen LogP contribution in [-0.2, 0) is 30.7 Å². The molecule has 0 saturated heterocycles. The fourth-order valence-corrected chi connectivity index (χ4v) is 3.50. The lowest BCUT2D eigenvalue weighted by molar-refractivity contribution is -0.212. The maximum Gasteiger partial charge on any atom is 0.365 e. The Kier molecular flexibility index (Phi) is 17.9. The molecule has 0 radical (unpaired) electrons. The largest absolute Gasteiger partial charge is 0.365 e. The van der Waals surface area contributed by atoms with Crippen LogP contribution in [0.4, 0.5) is 0 Å². The molecule has 0 aliphatic heterocycles. The summed E-state index contributed by atoms with van der Waals surface area (Å²) in [5.74, 6) is -0.812. The molecule has 0 aromatic carbocycles. The van der Waals surface area contributed by atoms with Crippen LogP contribution in [0.15, 0.2) is 12.7 Å². The summed E-state index contributed by atoms with van der Waals surface area (Å²) in [6.07, 6.45) is 18.8. The predicted octanol–water partition coefficient (Wildman–Crippen LogP) is 6.36. The average molecular weight is 409 g/mol. The molecule has 0 heterocycles. The summed E-state index contributed by atoms with van der Waals surface area (Å²) in [7, 11) is 0. The monoisotopic (exact) mass is 408 g/mol. The summed E-state index contributed by atoms with van der Waals surface area (Å²) < 4.78 is 9.52. The third kappa shape index (κ3) is 18.5. The van der Waals surface area contributed by atoms with Gasteiger partial charge in [-0.15, -0.1) is 0 Å². The smallest absolute Gasteiger partial charge is 0.322 e. The maximum absolute atomic E-state index is 10.8. The fourth-order valence-electron chi connectivity index (χ4n) is 2.62. The number of unbranched alkanes of at least 4 members (excludes halogenated alkanes) is 13. The number of carbonyl (C=O) groups is 1. The van der Waals surface area contributed by atoms with Crippen LogP contribution in [0.2, 0.25) is 0 Å². The van der Waals surface area contributed by atoms with E-state index in [2.05, 4.69) is 23.1 Å². The number of hydrogen-bond acceptors (Lipinski definition) is 5. The Morgan fingerprint density at radius 3 is 1.77 bits per heavy atom. The maximum atomic E-state index is 10.8. The van der Waals surface area contributed by atoms with Gasteiger partial charge in [0.25, 0.3) is 0 Å². The second-order valence-electron chi connectivity index (χ2n) is 6.58. The molecule has 0 aromatic heterocycles. The normalized spacial score (nSPS) is 13.3. The molecule has 0 saturated carbocycles. The molecule has 0 bridgehead atoms. The quantitative estimate of drug-likeness (QED) is 0.0882. The van der Waals surface area contributed by atoms with E-state index in [1.54, 1.807) is 0 Å². The second kappa shape index (κ2) is 18.1. The molecule has 26 heavy (non-hydrogen) atoms. The van der Waals surface area contributed by atoms with Crippen molar-refractivity contribution in [2.75, 3.05) is 6.61 Å². The molecule has 5 nitrogen and oxygen atoms in total. The third-order valence-corrected chi connectivity index (χ3v) is 5.40. The van der Waals surface area contributed by atoms with Gasteiger partial charge in [0.2, 0.25) is 0 Å². The minimum absolute atomic E-state index is 0.303. The van der Waals surface area contributed by atoms with Crippen LogP contribution in [0.3, 0.4) is 0 Å². The highest BCUT2D eigenvalue weighted by molar-refractivity contribution is 8.07. The van der Waals surface area contributed by atoms with E-state index in [0.29, 0.717) is 6.61 Å². The molecular weight excluding hydrogens is 371 g/mol. The fraction of sp³-hybridized carbons (Fsp3) is 0.842. The molecule has 0 spiro atoms. The number of carbonyl (C=O) groups excluding carboxylic acids is 1. The molecule has 1 N–H and O–H groups in total. The van der Waals surface area contributed by atoms with E-state index < -0.39 is 12.7 Å². The molecule has 154 valence electrons. The standard InChI is InChI=1S/C19H37O5PS/c1-3-5-6-7-8-9-10-11-12-13-14-15-16-17-18-22-25(21,26)24-23-19(20)4-2/h4H,2-3,5-18H2,1H3,(H,21,26). The highest BCUT2D eigenvalue weighted by atomic mass is 32.5. The Labute approximate surface area is 164 Å². The van der Waals surface area contributed by atoms with Gasteiger partial charge in [-0.2, -0.15) is 0 Å². The zero-order valence-electron chi connectivity index (χ0n) is 16.3. The van der Waals surface area contributed by atoms with Crippen LogP contribution in [0, 0.1) is 0 Å². The van der Waals surface area contributed by atoms with Gasteiger partial charge in [-0.3, -0.25) is 4.89 Å². The van der Waals surface area contributed by atoms with Gasteiger partial charge in [0.05, 0.1) is 6.61 Å². The van der Waals surface area contributed by atoms with Gasteiger partial charge in [0.15, 0.2) is 0 Å². The van der Waals surface area contributed by atoms with Crippen LogP contribution in [0.5, 0.6) is 0 Å². The van der Waals surface area contributed by atoms with Crippen LogP contribution < -0.4 is 0 Å². The lowest BCUT2D eigenvalue weighted by Crippen LogP contribution is -2.02. The molecule has 0 aromatic rings. The van der Waals surface area contributed by atoms with Crippen molar-refractivity contribution >= 4 is 24.5 Å². The first-order valence-corrected chi connectivity index (χ1v) is 12.6. The van der Waals surface area contributed by atoms with Crippen molar-refractivity contribution in [1.82, 2.24) is 0 Å². The average Bonchev–Trinajstić information content (AvgIpc) is 2.63. The Morgan fingerprint density at radius 1 is 0.923 bits per heavy atom. The van der Waals surface area contributed by atoms with Gasteiger partial charge in [-0.05, 0) is 18.2 Å². The van der Waals surface area contributed by atoms with Crippen molar-refractivity contribution < 1.29 is 23.8 Å². The first-order valence-electron chi connectivity index (χ1n) is 10.0. The Morgan fingerprint density at radius 2 is 1.35 bits per heavy atom. The topological polar surface area (TPSA) is 65.0 Å². The number of rotatable bonds is 19. The predicted molar refractivity (Wildman–Crippen MR) is 110 cm³/mol. The van der Waals surface area contributed by atoms with Crippen LogP contribution in [0.25, 0.3) is 0 Å². The van der Waals surface area contributed by atoms with Crippen molar-refractivity contribution in [2.24, 2.45) is 0 Å². The lowest BCUT2D eigenvalue weighted by Gasteiger charge is -2.13. The Balaban J connectivity index is 3.29. The SMILES string of the molecule is C=CC(=O)OOP(O)(=S)OCCCCCCCCCCCCCCCC. The molecule has 0 rings (SSSR count). The molecule has 0 amide bonds. The summed E-state index contributed by atoms with van der Waals surface area (Å²) in [4.78, 5) is 24.7. The van der Waals surface area contributed by atoms with Crippen LogP contribution in [-0.4, -0.2) is 17.5 Å². The van der Waals surface area contributed by atoms with Gasteiger partial charge in [0, 0.05) is 6.08 Å². The zero-order valence-corrected chi connectivity index (χ0v) is 18.0. The van der Waals surface area contributed by atoms with E-state index in [0.717, 1.165) is 25.3 Å². The molecule has 7 heteroatoms. The summed E-state index contributed by atoms with van der Waals surface area (Å²) in [5, 5.41) is 0. The molecule has 0 aliphatic carbocycles.